The van der Waals surface area contributed by atoms with Crippen LogP contribution in [0.4, 0.5) is 5.69 Å². The standard InChI is InChI=1S/C22H26N2O3/c1-22(2,3)16-12-10-15(11-13-16)20(25)24-14-19(21(26)23(4)5)27-18-9-7-6-8-17(18)24/h6-13,19H,14H2,1-5H3/t19-/m0/s1. The number of carbonyl (C=O) groups excluding carboxylic acids is 2. The van der Waals surface area contributed by atoms with Crippen molar-refractivity contribution in [3.63, 3.8) is 0 Å². The number of fused-ring (bicyclic) bond motifs is 1. The zero-order valence-electron chi connectivity index (χ0n) is 16.5. The first kappa shape index (κ1) is 19.0. The number of carbonyl (C=O) groups is 2. The van der Waals surface area contributed by atoms with Gasteiger partial charge in [0.15, 0.2) is 6.10 Å². The van der Waals surface area contributed by atoms with Crippen LogP contribution in [0, 0.1) is 0 Å². The number of benzene rings is 2. The predicted octanol–water partition coefficient (Wildman–Crippen LogP) is 3.48. The molecule has 2 aromatic rings. The van der Waals surface area contributed by atoms with Crippen molar-refractivity contribution >= 4 is 17.5 Å². The Bertz CT molecular complexity index is 851. The van der Waals surface area contributed by atoms with Gasteiger partial charge in [-0.15, -0.1) is 0 Å². The van der Waals surface area contributed by atoms with Crippen molar-refractivity contribution in [3.8, 4) is 5.75 Å². The average Bonchev–Trinajstić information content (AvgIpc) is 2.65. The van der Waals surface area contributed by atoms with E-state index < -0.39 is 6.10 Å². The van der Waals surface area contributed by atoms with E-state index >= 15 is 0 Å². The van der Waals surface area contributed by atoms with Crippen LogP contribution in [0.1, 0.15) is 36.7 Å². The topological polar surface area (TPSA) is 49.9 Å². The molecule has 3 rings (SSSR count). The number of hydrogen-bond acceptors (Lipinski definition) is 3. The number of likely N-dealkylation sites (N-methyl/N-ethyl adjacent to an activating group) is 1. The molecule has 27 heavy (non-hydrogen) atoms. The molecule has 0 unspecified atom stereocenters. The molecular weight excluding hydrogens is 340 g/mol. The van der Waals surface area contributed by atoms with E-state index in [0.29, 0.717) is 17.0 Å². The molecule has 0 N–H and O–H groups in total. The third-order valence-corrected chi connectivity index (χ3v) is 4.73. The van der Waals surface area contributed by atoms with Crippen LogP contribution in [-0.2, 0) is 10.2 Å². The number of para-hydroxylation sites is 2. The summed E-state index contributed by atoms with van der Waals surface area (Å²) in [4.78, 5) is 28.8. The van der Waals surface area contributed by atoms with Crippen molar-refractivity contribution < 1.29 is 14.3 Å². The summed E-state index contributed by atoms with van der Waals surface area (Å²) in [5.41, 5.74) is 2.47. The Morgan fingerprint density at radius 3 is 2.26 bits per heavy atom. The fourth-order valence-electron chi connectivity index (χ4n) is 3.11. The van der Waals surface area contributed by atoms with Gasteiger partial charge >= 0.3 is 0 Å². The second-order valence-corrected chi connectivity index (χ2v) is 8.05. The van der Waals surface area contributed by atoms with E-state index in [2.05, 4.69) is 20.8 Å². The number of anilines is 1. The predicted molar refractivity (Wildman–Crippen MR) is 106 cm³/mol. The van der Waals surface area contributed by atoms with Crippen molar-refractivity contribution in [2.45, 2.75) is 32.3 Å². The Morgan fingerprint density at radius 1 is 1.04 bits per heavy atom. The van der Waals surface area contributed by atoms with Crippen LogP contribution in [-0.4, -0.2) is 43.5 Å². The first-order chi connectivity index (χ1) is 12.7. The monoisotopic (exact) mass is 366 g/mol. The third-order valence-electron chi connectivity index (χ3n) is 4.73. The van der Waals surface area contributed by atoms with Crippen LogP contribution in [0.15, 0.2) is 48.5 Å². The van der Waals surface area contributed by atoms with Gasteiger partial charge in [0.1, 0.15) is 5.75 Å². The summed E-state index contributed by atoms with van der Waals surface area (Å²) in [5.74, 6) is 0.247. The van der Waals surface area contributed by atoms with Crippen molar-refractivity contribution in [1.29, 1.82) is 0 Å². The lowest BCUT2D eigenvalue weighted by Gasteiger charge is -2.35. The maximum absolute atomic E-state index is 13.2. The molecule has 5 heteroatoms. The van der Waals surface area contributed by atoms with Gasteiger partial charge in [0, 0.05) is 19.7 Å². The molecule has 142 valence electrons. The summed E-state index contributed by atoms with van der Waals surface area (Å²) in [6.45, 7) is 6.60. The number of ether oxygens (including phenoxy) is 1. The molecule has 5 nitrogen and oxygen atoms in total. The summed E-state index contributed by atoms with van der Waals surface area (Å²) < 4.78 is 5.85. The molecule has 2 aromatic carbocycles. The molecule has 1 aliphatic rings. The molecule has 1 aliphatic heterocycles. The summed E-state index contributed by atoms with van der Waals surface area (Å²) in [6, 6.07) is 15.0. The van der Waals surface area contributed by atoms with Crippen LogP contribution >= 0.6 is 0 Å². The van der Waals surface area contributed by atoms with Gasteiger partial charge in [-0.25, -0.2) is 0 Å². The summed E-state index contributed by atoms with van der Waals surface area (Å²) in [6.07, 6.45) is -0.715. The molecule has 0 aromatic heterocycles. The minimum absolute atomic E-state index is 0.0242. The maximum atomic E-state index is 13.2. The van der Waals surface area contributed by atoms with Crippen LogP contribution in [0.2, 0.25) is 0 Å². The average molecular weight is 366 g/mol. The zero-order chi connectivity index (χ0) is 19.8. The van der Waals surface area contributed by atoms with E-state index in [4.69, 9.17) is 4.74 Å². The van der Waals surface area contributed by atoms with Gasteiger partial charge in [-0.05, 0) is 35.2 Å². The van der Waals surface area contributed by atoms with Gasteiger partial charge in [-0.1, -0.05) is 45.0 Å². The van der Waals surface area contributed by atoms with E-state index in [1.807, 2.05) is 42.5 Å². The smallest absolute Gasteiger partial charge is 0.265 e. The molecule has 1 atom stereocenters. The Hall–Kier alpha value is -2.82. The lowest BCUT2D eigenvalue weighted by atomic mass is 9.86. The Kier molecular flexibility index (Phi) is 4.96. The highest BCUT2D eigenvalue weighted by Crippen LogP contribution is 2.34. The molecule has 0 bridgehead atoms. The SMILES string of the molecule is CN(C)C(=O)[C@@H]1CN(C(=O)c2ccc(C(C)(C)C)cc2)c2ccccc2O1. The number of nitrogens with zero attached hydrogens (tertiary/aromatic N) is 2. The molecule has 2 amide bonds. The minimum atomic E-state index is -0.715. The Morgan fingerprint density at radius 2 is 1.67 bits per heavy atom. The fraction of sp³-hybridized carbons (Fsp3) is 0.364. The highest BCUT2D eigenvalue weighted by atomic mass is 16.5. The zero-order valence-corrected chi connectivity index (χ0v) is 16.5. The van der Waals surface area contributed by atoms with Gasteiger partial charge in [0.2, 0.25) is 0 Å². The number of amides is 2. The molecule has 0 saturated carbocycles. The Balaban J connectivity index is 1.94. The molecule has 0 spiro atoms. The van der Waals surface area contributed by atoms with Gasteiger partial charge in [0.05, 0.1) is 12.2 Å². The largest absolute Gasteiger partial charge is 0.476 e. The number of hydrogen-bond donors (Lipinski definition) is 0. The molecular formula is C22H26N2O3. The first-order valence-corrected chi connectivity index (χ1v) is 9.08. The lowest BCUT2D eigenvalue weighted by Crippen LogP contribution is -2.50. The summed E-state index contributed by atoms with van der Waals surface area (Å²) in [7, 11) is 3.37. The highest BCUT2D eigenvalue weighted by molar-refractivity contribution is 6.07. The maximum Gasteiger partial charge on any atom is 0.265 e. The second-order valence-electron chi connectivity index (χ2n) is 8.05. The van der Waals surface area contributed by atoms with Crippen LogP contribution in [0.25, 0.3) is 0 Å². The number of rotatable bonds is 2. The third kappa shape index (κ3) is 3.82. The van der Waals surface area contributed by atoms with Crippen molar-refractivity contribution in [2.75, 3.05) is 25.5 Å². The quantitative estimate of drug-likeness (QED) is 0.818. The molecule has 0 radical (unpaired) electrons. The minimum Gasteiger partial charge on any atom is -0.476 e. The van der Waals surface area contributed by atoms with E-state index in [9.17, 15) is 9.59 Å². The molecule has 0 saturated heterocycles. The molecule has 1 heterocycles. The Labute approximate surface area is 160 Å². The van der Waals surface area contributed by atoms with Gasteiger partial charge < -0.3 is 14.5 Å². The second kappa shape index (κ2) is 7.06. The van der Waals surface area contributed by atoms with Gasteiger partial charge in [-0.2, -0.15) is 0 Å². The summed E-state index contributed by atoms with van der Waals surface area (Å²) >= 11 is 0. The first-order valence-electron chi connectivity index (χ1n) is 9.08. The van der Waals surface area contributed by atoms with Gasteiger partial charge in [-0.3, -0.25) is 9.59 Å². The van der Waals surface area contributed by atoms with Crippen LogP contribution in [0.3, 0.4) is 0 Å². The van der Waals surface area contributed by atoms with E-state index in [0.717, 1.165) is 0 Å². The van der Waals surface area contributed by atoms with Crippen molar-refractivity contribution in [1.82, 2.24) is 4.90 Å². The van der Waals surface area contributed by atoms with E-state index in [1.54, 1.807) is 25.1 Å². The fourth-order valence-corrected chi connectivity index (χ4v) is 3.11. The van der Waals surface area contributed by atoms with Crippen LogP contribution < -0.4 is 9.64 Å². The van der Waals surface area contributed by atoms with Crippen molar-refractivity contribution in [3.05, 3.63) is 59.7 Å². The van der Waals surface area contributed by atoms with Crippen molar-refractivity contribution in [2.24, 2.45) is 0 Å². The molecule has 0 aliphatic carbocycles. The van der Waals surface area contributed by atoms with Gasteiger partial charge in [0.25, 0.3) is 11.8 Å². The highest BCUT2D eigenvalue weighted by Gasteiger charge is 2.34. The van der Waals surface area contributed by atoms with Crippen LogP contribution in [0.5, 0.6) is 5.75 Å². The van der Waals surface area contributed by atoms with E-state index in [-0.39, 0.29) is 23.8 Å². The molecule has 0 fully saturated rings. The summed E-state index contributed by atoms with van der Waals surface area (Å²) in [5, 5.41) is 0. The normalized spacial score (nSPS) is 16.3. The van der Waals surface area contributed by atoms with E-state index in [1.165, 1.54) is 10.5 Å². The lowest BCUT2D eigenvalue weighted by molar-refractivity contribution is -0.135.